The molecule has 4 heterocycles. The number of amides is 1. The van der Waals surface area contributed by atoms with Crippen molar-refractivity contribution in [2.45, 2.75) is 31.8 Å². The molecule has 1 saturated heterocycles. The predicted molar refractivity (Wildman–Crippen MR) is 112 cm³/mol. The Kier molecular flexibility index (Phi) is 5.67. The zero-order chi connectivity index (χ0) is 20.2. The molecule has 0 saturated carbocycles. The van der Waals surface area contributed by atoms with Crippen LogP contribution in [0.15, 0.2) is 55.1 Å². The smallest absolute Gasteiger partial charge is 0.273 e. The lowest BCUT2D eigenvalue weighted by molar-refractivity contribution is 0.0611. The molecule has 0 aliphatic carbocycles. The van der Waals surface area contributed by atoms with Crippen LogP contribution in [0.4, 0.5) is 5.82 Å². The molecule has 3 aromatic rings. The molecule has 148 valence electrons. The summed E-state index contributed by atoms with van der Waals surface area (Å²) < 4.78 is 0. The molecule has 0 radical (unpaired) electrons. The second-order valence-electron chi connectivity index (χ2n) is 6.97. The molecule has 2 atom stereocenters. The van der Waals surface area contributed by atoms with E-state index in [1.807, 2.05) is 24.0 Å². The van der Waals surface area contributed by atoms with Gasteiger partial charge in [0.1, 0.15) is 11.5 Å². The van der Waals surface area contributed by atoms with Crippen LogP contribution < -0.4 is 5.32 Å². The molecule has 0 aromatic carbocycles. The lowest BCUT2D eigenvalue weighted by atomic mass is 9.96. The van der Waals surface area contributed by atoms with Gasteiger partial charge in [-0.15, -0.1) is 0 Å². The van der Waals surface area contributed by atoms with Gasteiger partial charge in [-0.2, -0.15) is 0 Å². The summed E-state index contributed by atoms with van der Waals surface area (Å²) in [6.45, 7) is 2.73. The number of carbonyl (C=O) groups is 1. The van der Waals surface area contributed by atoms with E-state index in [0.29, 0.717) is 28.6 Å². The Bertz CT molecular complexity index is 982. The topological polar surface area (TPSA) is 83.9 Å². The molecular formula is C21H21ClN6O. The minimum Gasteiger partial charge on any atom is -0.365 e. The maximum Gasteiger partial charge on any atom is 0.273 e. The Labute approximate surface area is 174 Å². The Hall–Kier alpha value is -3.06. The lowest BCUT2D eigenvalue weighted by Gasteiger charge is -2.40. The average Bonchev–Trinajstić information content (AvgIpc) is 2.77. The van der Waals surface area contributed by atoms with Crippen LogP contribution in [0.1, 0.15) is 30.3 Å². The van der Waals surface area contributed by atoms with Crippen molar-refractivity contribution in [3.05, 3.63) is 65.8 Å². The molecule has 8 heteroatoms. The zero-order valence-corrected chi connectivity index (χ0v) is 16.8. The van der Waals surface area contributed by atoms with Crippen LogP contribution >= 0.6 is 11.6 Å². The molecule has 0 unspecified atom stereocenters. The number of aromatic nitrogens is 4. The first-order valence-electron chi connectivity index (χ1n) is 9.55. The molecule has 1 aliphatic heterocycles. The van der Waals surface area contributed by atoms with Crippen molar-refractivity contribution in [1.29, 1.82) is 0 Å². The number of hydrogen-bond donors (Lipinski definition) is 1. The van der Waals surface area contributed by atoms with E-state index in [1.54, 1.807) is 43.0 Å². The highest BCUT2D eigenvalue weighted by Gasteiger charge is 2.33. The number of halogens is 1. The van der Waals surface area contributed by atoms with Gasteiger partial charge in [0.05, 0.1) is 10.6 Å². The van der Waals surface area contributed by atoms with Crippen molar-refractivity contribution in [3.63, 3.8) is 0 Å². The van der Waals surface area contributed by atoms with Crippen molar-refractivity contribution < 1.29 is 4.79 Å². The number of nitrogens with zero attached hydrogens (tertiary/aromatic N) is 5. The first-order valence-corrected chi connectivity index (χ1v) is 9.93. The van der Waals surface area contributed by atoms with E-state index < -0.39 is 0 Å². The van der Waals surface area contributed by atoms with E-state index in [2.05, 4.69) is 25.3 Å². The molecule has 7 nitrogen and oxygen atoms in total. The number of likely N-dealkylation sites (tertiary alicyclic amines) is 1. The van der Waals surface area contributed by atoms with E-state index in [4.69, 9.17) is 11.6 Å². The zero-order valence-electron chi connectivity index (χ0n) is 16.0. The fourth-order valence-electron chi connectivity index (χ4n) is 3.60. The maximum absolute atomic E-state index is 13.4. The molecular weight excluding hydrogens is 388 g/mol. The number of carbonyl (C=O) groups excluding carboxylic acids is 1. The fraction of sp³-hybridized carbons (Fsp3) is 0.286. The van der Waals surface area contributed by atoms with Gasteiger partial charge in [-0.05, 0) is 50.1 Å². The molecule has 1 amide bonds. The number of piperidine rings is 1. The minimum atomic E-state index is -0.115. The van der Waals surface area contributed by atoms with Crippen LogP contribution in [0.3, 0.4) is 0 Å². The number of anilines is 1. The van der Waals surface area contributed by atoms with Gasteiger partial charge in [0.15, 0.2) is 5.82 Å². The van der Waals surface area contributed by atoms with Gasteiger partial charge < -0.3 is 10.2 Å². The van der Waals surface area contributed by atoms with Gasteiger partial charge >= 0.3 is 0 Å². The van der Waals surface area contributed by atoms with E-state index in [-0.39, 0.29) is 18.0 Å². The third-order valence-electron chi connectivity index (χ3n) is 5.13. The number of nitrogens with one attached hydrogen (secondary N) is 1. The normalized spacial score (nSPS) is 19.0. The summed E-state index contributed by atoms with van der Waals surface area (Å²) in [6.07, 6.45) is 8.40. The van der Waals surface area contributed by atoms with Gasteiger partial charge in [0, 0.05) is 43.4 Å². The highest BCUT2D eigenvalue weighted by Crippen LogP contribution is 2.25. The largest absolute Gasteiger partial charge is 0.365 e. The average molecular weight is 409 g/mol. The number of pyridine rings is 2. The molecule has 1 aliphatic rings. The first kappa shape index (κ1) is 19.3. The van der Waals surface area contributed by atoms with Crippen molar-refractivity contribution in [1.82, 2.24) is 24.8 Å². The minimum absolute atomic E-state index is 0.0275. The lowest BCUT2D eigenvalue weighted by Crippen LogP contribution is -2.52. The van der Waals surface area contributed by atoms with Crippen LogP contribution in [0.5, 0.6) is 0 Å². The number of hydrogen-bond acceptors (Lipinski definition) is 6. The van der Waals surface area contributed by atoms with Crippen LogP contribution in [0, 0.1) is 0 Å². The van der Waals surface area contributed by atoms with Gasteiger partial charge in [-0.1, -0.05) is 11.6 Å². The summed E-state index contributed by atoms with van der Waals surface area (Å²) in [4.78, 5) is 32.5. The van der Waals surface area contributed by atoms with Crippen LogP contribution in [0.2, 0.25) is 5.02 Å². The second-order valence-corrected chi connectivity index (χ2v) is 7.40. The predicted octanol–water partition coefficient (Wildman–Crippen LogP) is 3.69. The molecule has 1 N–H and O–H groups in total. The monoisotopic (exact) mass is 408 g/mol. The van der Waals surface area contributed by atoms with E-state index in [0.717, 1.165) is 18.7 Å². The Balaban J connectivity index is 1.57. The summed E-state index contributed by atoms with van der Waals surface area (Å²) >= 11 is 5.92. The third-order valence-corrected chi connectivity index (χ3v) is 5.35. The Morgan fingerprint density at radius 1 is 1.10 bits per heavy atom. The van der Waals surface area contributed by atoms with Crippen molar-refractivity contribution >= 4 is 23.3 Å². The summed E-state index contributed by atoms with van der Waals surface area (Å²) in [5.41, 5.74) is 1.01. The SMILES string of the molecule is C[C@H]1[C@H](Nc2ccc(Cl)cn2)CCCN1C(=O)c1ncccc1-c1ncccn1. The van der Waals surface area contributed by atoms with Crippen molar-refractivity contribution in [3.8, 4) is 11.4 Å². The van der Waals surface area contributed by atoms with E-state index in [1.165, 1.54) is 0 Å². The summed E-state index contributed by atoms with van der Waals surface area (Å²) in [6, 6.07) is 9.07. The highest BCUT2D eigenvalue weighted by atomic mass is 35.5. The number of rotatable bonds is 4. The third kappa shape index (κ3) is 4.19. The Morgan fingerprint density at radius 3 is 2.66 bits per heavy atom. The quantitative estimate of drug-likeness (QED) is 0.708. The molecule has 29 heavy (non-hydrogen) atoms. The van der Waals surface area contributed by atoms with Gasteiger partial charge in [-0.25, -0.2) is 15.0 Å². The second kappa shape index (κ2) is 8.53. The van der Waals surface area contributed by atoms with E-state index >= 15 is 0 Å². The van der Waals surface area contributed by atoms with E-state index in [9.17, 15) is 4.79 Å². The molecule has 0 bridgehead atoms. The first-order chi connectivity index (χ1) is 14.1. The fourth-order valence-corrected chi connectivity index (χ4v) is 3.72. The van der Waals surface area contributed by atoms with Crippen molar-refractivity contribution in [2.24, 2.45) is 0 Å². The maximum atomic E-state index is 13.4. The molecule has 1 fully saturated rings. The van der Waals surface area contributed by atoms with Crippen LogP contribution in [0.25, 0.3) is 11.4 Å². The molecule has 3 aromatic heterocycles. The summed E-state index contributed by atoms with van der Waals surface area (Å²) in [7, 11) is 0. The van der Waals surface area contributed by atoms with Crippen molar-refractivity contribution in [2.75, 3.05) is 11.9 Å². The Morgan fingerprint density at radius 2 is 1.90 bits per heavy atom. The standard InChI is InChI=1S/C21H21ClN6O/c1-14-17(27-18-8-7-15(22)13-26-18)6-3-12-28(14)21(29)19-16(5-2-9-23-19)20-24-10-4-11-25-20/h2,4-5,7-11,13-14,17H,3,6,12H2,1H3,(H,26,27)/t14-,17+/m0/s1. The summed E-state index contributed by atoms with van der Waals surface area (Å²) in [5.74, 6) is 1.13. The summed E-state index contributed by atoms with van der Waals surface area (Å²) in [5, 5.41) is 4.02. The molecule has 4 rings (SSSR count). The van der Waals surface area contributed by atoms with Gasteiger partial charge in [-0.3, -0.25) is 9.78 Å². The van der Waals surface area contributed by atoms with Crippen LogP contribution in [-0.2, 0) is 0 Å². The molecule has 0 spiro atoms. The van der Waals surface area contributed by atoms with Gasteiger partial charge in [0.25, 0.3) is 5.91 Å². The highest BCUT2D eigenvalue weighted by molar-refractivity contribution is 6.30. The van der Waals surface area contributed by atoms with Gasteiger partial charge in [0.2, 0.25) is 0 Å². The van der Waals surface area contributed by atoms with Crippen LogP contribution in [-0.4, -0.2) is 49.4 Å².